The summed E-state index contributed by atoms with van der Waals surface area (Å²) in [5, 5.41) is 13.3. The van der Waals surface area contributed by atoms with Crippen molar-refractivity contribution in [2.45, 2.75) is 26.4 Å². The quantitative estimate of drug-likeness (QED) is 0.879. The molecule has 2 N–H and O–H groups in total. The average Bonchev–Trinajstić information content (AvgIpc) is 2.71. The maximum atomic E-state index is 11.8. The van der Waals surface area contributed by atoms with Crippen molar-refractivity contribution in [3.63, 3.8) is 0 Å². The first-order chi connectivity index (χ1) is 12.0. The van der Waals surface area contributed by atoms with Crippen LogP contribution >= 0.6 is 0 Å². The molecule has 1 unspecified atom stereocenters. The Bertz CT molecular complexity index is 740. The Balaban J connectivity index is 1.64. The standard InChI is InChI=1S/C20H24N2O3/c1-14-9-15(2)11-17(10-14)25-13-16(23)12-22-8-7-20(24)21-18-5-3-4-6-19(18)22/h3-6,9-11,16,23H,7-8,12-13H2,1-2H3,(H,21,24). The highest BCUT2D eigenvalue weighted by atomic mass is 16.5. The van der Waals surface area contributed by atoms with E-state index in [0.717, 1.165) is 28.3 Å². The molecule has 5 nitrogen and oxygen atoms in total. The maximum Gasteiger partial charge on any atom is 0.226 e. The Kier molecular flexibility index (Phi) is 5.24. The molecule has 1 atom stereocenters. The molecular weight excluding hydrogens is 316 g/mol. The monoisotopic (exact) mass is 340 g/mol. The van der Waals surface area contributed by atoms with Crippen LogP contribution in [-0.4, -0.2) is 36.8 Å². The second kappa shape index (κ2) is 7.57. The third-order valence-electron chi connectivity index (χ3n) is 4.20. The van der Waals surface area contributed by atoms with E-state index in [-0.39, 0.29) is 12.5 Å². The van der Waals surface area contributed by atoms with E-state index in [0.29, 0.717) is 19.5 Å². The topological polar surface area (TPSA) is 61.8 Å². The molecule has 25 heavy (non-hydrogen) atoms. The van der Waals surface area contributed by atoms with Gasteiger partial charge in [-0.05, 0) is 49.2 Å². The number of β-amino-alcohol motifs (C(OH)–C–C–N with tert-alkyl or cyclic N) is 1. The third-order valence-corrected chi connectivity index (χ3v) is 4.20. The normalized spacial score (nSPS) is 15.2. The molecular formula is C20H24N2O3. The molecule has 1 amide bonds. The van der Waals surface area contributed by atoms with Crippen molar-refractivity contribution in [1.29, 1.82) is 0 Å². The fraction of sp³-hybridized carbons (Fsp3) is 0.350. The van der Waals surface area contributed by atoms with Gasteiger partial charge < -0.3 is 20.1 Å². The van der Waals surface area contributed by atoms with Crippen molar-refractivity contribution < 1.29 is 14.6 Å². The van der Waals surface area contributed by atoms with Crippen LogP contribution in [0.5, 0.6) is 5.75 Å². The van der Waals surface area contributed by atoms with E-state index in [1.165, 1.54) is 0 Å². The molecule has 0 saturated heterocycles. The fourth-order valence-electron chi connectivity index (χ4n) is 3.13. The largest absolute Gasteiger partial charge is 0.491 e. The highest BCUT2D eigenvalue weighted by Crippen LogP contribution is 2.28. The number of carbonyl (C=O) groups is 1. The zero-order chi connectivity index (χ0) is 17.8. The van der Waals surface area contributed by atoms with Crippen molar-refractivity contribution in [2.75, 3.05) is 29.9 Å². The molecule has 0 spiro atoms. The number of aliphatic hydroxyl groups excluding tert-OH is 1. The van der Waals surface area contributed by atoms with Crippen molar-refractivity contribution in [2.24, 2.45) is 0 Å². The first-order valence-electron chi connectivity index (χ1n) is 8.54. The number of anilines is 2. The minimum absolute atomic E-state index is 0.00377. The summed E-state index contributed by atoms with van der Waals surface area (Å²) in [5.41, 5.74) is 3.98. The molecule has 0 saturated carbocycles. The lowest BCUT2D eigenvalue weighted by Crippen LogP contribution is -2.36. The van der Waals surface area contributed by atoms with Gasteiger partial charge in [-0.25, -0.2) is 0 Å². The Hall–Kier alpha value is -2.53. The zero-order valence-electron chi connectivity index (χ0n) is 14.7. The summed E-state index contributed by atoms with van der Waals surface area (Å²) in [6, 6.07) is 13.7. The van der Waals surface area contributed by atoms with Crippen LogP contribution in [0.2, 0.25) is 0 Å². The van der Waals surface area contributed by atoms with E-state index in [9.17, 15) is 9.90 Å². The molecule has 0 bridgehead atoms. The van der Waals surface area contributed by atoms with E-state index in [4.69, 9.17) is 4.74 Å². The zero-order valence-corrected chi connectivity index (χ0v) is 14.7. The van der Waals surface area contributed by atoms with Gasteiger partial charge in [0.1, 0.15) is 18.5 Å². The maximum absolute atomic E-state index is 11.8. The Morgan fingerprint density at radius 1 is 1.20 bits per heavy atom. The van der Waals surface area contributed by atoms with Crippen LogP contribution in [0.4, 0.5) is 11.4 Å². The fourth-order valence-corrected chi connectivity index (χ4v) is 3.13. The van der Waals surface area contributed by atoms with Gasteiger partial charge in [-0.1, -0.05) is 18.2 Å². The number of hydrogen-bond donors (Lipinski definition) is 2. The summed E-state index contributed by atoms with van der Waals surface area (Å²) in [7, 11) is 0. The number of hydrogen-bond acceptors (Lipinski definition) is 4. The van der Waals surface area contributed by atoms with Crippen LogP contribution in [0.3, 0.4) is 0 Å². The highest BCUT2D eigenvalue weighted by Gasteiger charge is 2.21. The Morgan fingerprint density at radius 3 is 2.68 bits per heavy atom. The highest BCUT2D eigenvalue weighted by molar-refractivity contribution is 5.96. The van der Waals surface area contributed by atoms with E-state index in [2.05, 4.69) is 11.4 Å². The third kappa shape index (κ3) is 4.51. The lowest BCUT2D eigenvalue weighted by Gasteiger charge is -2.26. The van der Waals surface area contributed by atoms with Gasteiger partial charge in [0.2, 0.25) is 5.91 Å². The van der Waals surface area contributed by atoms with Gasteiger partial charge in [-0.3, -0.25) is 4.79 Å². The van der Waals surface area contributed by atoms with Gasteiger partial charge in [0.15, 0.2) is 0 Å². The van der Waals surface area contributed by atoms with Gasteiger partial charge in [-0.2, -0.15) is 0 Å². The van der Waals surface area contributed by atoms with E-state index >= 15 is 0 Å². The number of nitrogens with zero attached hydrogens (tertiary/aromatic N) is 1. The number of rotatable bonds is 5. The number of fused-ring (bicyclic) bond motifs is 1. The molecule has 1 heterocycles. The molecule has 5 heteroatoms. The number of aryl methyl sites for hydroxylation is 2. The molecule has 0 aromatic heterocycles. The number of aliphatic hydroxyl groups is 1. The lowest BCUT2D eigenvalue weighted by atomic mass is 10.1. The van der Waals surface area contributed by atoms with Crippen molar-refractivity contribution >= 4 is 17.3 Å². The van der Waals surface area contributed by atoms with Crippen LogP contribution in [0.25, 0.3) is 0 Å². The number of ether oxygens (including phenoxy) is 1. The average molecular weight is 340 g/mol. The Morgan fingerprint density at radius 2 is 1.92 bits per heavy atom. The van der Waals surface area contributed by atoms with Gasteiger partial charge in [0.05, 0.1) is 11.4 Å². The van der Waals surface area contributed by atoms with Crippen LogP contribution in [0.15, 0.2) is 42.5 Å². The predicted molar refractivity (Wildman–Crippen MR) is 99.3 cm³/mol. The van der Waals surface area contributed by atoms with E-state index in [1.54, 1.807) is 0 Å². The first-order valence-corrected chi connectivity index (χ1v) is 8.54. The summed E-state index contributed by atoms with van der Waals surface area (Å²) in [4.78, 5) is 13.9. The summed E-state index contributed by atoms with van der Waals surface area (Å²) in [6.07, 6.45) is -0.249. The number of para-hydroxylation sites is 2. The first kappa shape index (κ1) is 17.3. The second-order valence-corrected chi connectivity index (χ2v) is 6.55. The van der Waals surface area contributed by atoms with E-state index in [1.807, 2.05) is 55.1 Å². The minimum atomic E-state index is -0.651. The summed E-state index contributed by atoms with van der Waals surface area (Å²) >= 11 is 0. The minimum Gasteiger partial charge on any atom is -0.491 e. The van der Waals surface area contributed by atoms with Crippen LogP contribution in [0.1, 0.15) is 17.5 Å². The van der Waals surface area contributed by atoms with Crippen LogP contribution < -0.4 is 15.0 Å². The SMILES string of the molecule is Cc1cc(C)cc(OCC(O)CN2CCC(=O)Nc3ccccc32)c1. The molecule has 2 aromatic rings. The Labute approximate surface area is 148 Å². The number of carbonyl (C=O) groups excluding carboxylic acids is 1. The summed E-state index contributed by atoms with van der Waals surface area (Å²) in [6.45, 7) is 5.24. The summed E-state index contributed by atoms with van der Waals surface area (Å²) in [5.74, 6) is 0.764. The molecule has 3 rings (SSSR count). The molecule has 2 aromatic carbocycles. The van der Waals surface area contributed by atoms with E-state index < -0.39 is 6.10 Å². The summed E-state index contributed by atoms with van der Waals surface area (Å²) < 4.78 is 5.75. The van der Waals surface area contributed by atoms with Crippen molar-refractivity contribution in [1.82, 2.24) is 0 Å². The van der Waals surface area contributed by atoms with Crippen LogP contribution in [-0.2, 0) is 4.79 Å². The second-order valence-electron chi connectivity index (χ2n) is 6.55. The molecule has 0 radical (unpaired) electrons. The van der Waals surface area contributed by atoms with Crippen LogP contribution in [0, 0.1) is 13.8 Å². The number of nitrogens with one attached hydrogen (secondary N) is 1. The predicted octanol–water partition coefficient (Wildman–Crippen LogP) is 2.89. The van der Waals surface area contributed by atoms with Crippen molar-refractivity contribution in [3.05, 3.63) is 53.6 Å². The smallest absolute Gasteiger partial charge is 0.226 e. The van der Waals surface area contributed by atoms with Gasteiger partial charge in [0, 0.05) is 19.5 Å². The van der Waals surface area contributed by atoms with Gasteiger partial charge in [-0.15, -0.1) is 0 Å². The molecule has 0 aliphatic carbocycles. The molecule has 132 valence electrons. The molecule has 1 aliphatic rings. The molecule has 0 fully saturated rings. The number of benzene rings is 2. The van der Waals surface area contributed by atoms with Gasteiger partial charge >= 0.3 is 0 Å². The van der Waals surface area contributed by atoms with Crippen molar-refractivity contribution in [3.8, 4) is 5.75 Å². The lowest BCUT2D eigenvalue weighted by molar-refractivity contribution is -0.116. The molecule has 1 aliphatic heterocycles. The van der Waals surface area contributed by atoms with Gasteiger partial charge in [0.25, 0.3) is 0 Å². The number of amides is 1.